The minimum atomic E-state index is -1.09. The van der Waals surface area contributed by atoms with Crippen LogP contribution in [0.15, 0.2) is 66.7 Å². The van der Waals surface area contributed by atoms with Crippen LogP contribution in [-0.2, 0) is 12.1 Å². The molecule has 0 amide bonds. The Labute approximate surface area is 171 Å². The van der Waals surface area contributed by atoms with Gasteiger partial charge in [0.25, 0.3) is 0 Å². The predicted octanol–water partition coefficient (Wildman–Crippen LogP) is 4.28. The molecule has 5 rings (SSSR count). The molecule has 5 heteroatoms. The van der Waals surface area contributed by atoms with Crippen molar-refractivity contribution in [2.24, 2.45) is 0 Å². The molecule has 0 saturated heterocycles. The lowest BCUT2D eigenvalue weighted by Crippen LogP contribution is -2.34. The molecule has 0 radical (unpaired) electrons. The highest BCUT2D eigenvalue weighted by Crippen LogP contribution is 2.46. The highest BCUT2D eigenvalue weighted by Gasteiger charge is 2.43. The molecule has 3 aromatic rings. The van der Waals surface area contributed by atoms with E-state index in [9.17, 15) is 5.11 Å². The Hall–Kier alpha value is -2.25. The van der Waals surface area contributed by atoms with E-state index in [1.807, 2.05) is 42.5 Å². The zero-order valence-corrected chi connectivity index (χ0v) is 16.7. The topological polar surface area (TPSA) is 41.9 Å². The SMILES string of the molecule is OC1(c2ccc3c(c2)OCO3)CN(Cc2ccccc2I)c2ccccc21. The van der Waals surface area contributed by atoms with Crippen molar-refractivity contribution < 1.29 is 14.6 Å². The van der Waals surface area contributed by atoms with Crippen LogP contribution >= 0.6 is 22.6 Å². The number of fused-ring (bicyclic) bond motifs is 2. The number of β-amino-alcohol motifs (C(OH)–C–C–N with tert-alkyl or cyclic N) is 1. The summed E-state index contributed by atoms with van der Waals surface area (Å²) in [6.07, 6.45) is 0. The number of aliphatic hydroxyl groups is 1. The van der Waals surface area contributed by atoms with Crippen LogP contribution in [-0.4, -0.2) is 18.4 Å². The first-order valence-corrected chi connectivity index (χ1v) is 9.93. The maximum atomic E-state index is 11.7. The Balaban J connectivity index is 1.56. The molecule has 3 aromatic carbocycles. The Bertz CT molecular complexity index is 1020. The van der Waals surface area contributed by atoms with Crippen LogP contribution in [0.1, 0.15) is 16.7 Å². The van der Waals surface area contributed by atoms with E-state index in [4.69, 9.17) is 9.47 Å². The summed E-state index contributed by atoms with van der Waals surface area (Å²) in [5.74, 6) is 1.42. The van der Waals surface area contributed by atoms with Crippen molar-refractivity contribution in [2.45, 2.75) is 12.1 Å². The highest BCUT2D eigenvalue weighted by molar-refractivity contribution is 14.1. The van der Waals surface area contributed by atoms with Crippen LogP contribution in [0.25, 0.3) is 0 Å². The third-order valence-corrected chi connectivity index (χ3v) is 6.33. The maximum absolute atomic E-state index is 11.7. The van der Waals surface area contributed by atoms with Crippen molar-refractivity contribution in [3.05, 3.63) is 87.0 Å². The van der Waals surface area contributed by atoms with Gasteiger partial charge in [-0.2, -0.15) is 0 Å². The summed E-state index contributed by atoms with van der Waals surface area (Å²) in [6, 6.07) is 22.2. The molecule has 1 atom stereocenters. The molecule has 0 aliphatic carbocycles. The lowest BCUT2D eigenvalue weighted by Gasteiger charge is -2.26. The largest absolute Gasteiger partial charge is 0.454 e. The van der Waals surface area contributed by atoms with Gasteiger partial charge in [-0.1, -0.05) is 42.5 Å². The first-order valence-electron chi connectivity index (χ1n) is 8.85. The van der Waals surface area contributed by atoms with Gasteiger partial charge in [0.1, 0.15) is 5.60 Å². The molecular weight excluding hydrogens is 453 g/mol. The normalized spacial score (nSPS) is 20.0. The van der Waals surface area contributed by atoms with Crippen LogP contribution in [0.3, 0.4) is 0 Å². The number of hydrogen-bond donors (Lipinski definition) is 1. The second kappa shape index (κ2) is 6.42. The highest BCUT2D eigenvalue weighted by atomic mass is 127. The fraction of sp³-hybridized carbons (Fsp3) is 0.182. The maximum Gasteiger partial charge on any atom is 0.231 e. The fourth-order valence-electron chi connectivity index (χ4n) is 3.92. The first-order chi connectivity index (χ1) is 13.1. The van der Waals surface area contributed by atoms with Gasteiger partial charge in [0.2, 0.25) is 6.79 Å². The molecule has 0 bridgehead atoms. The van der Waals surface area contributed by atoms with Gasteiger partial charge in [0, 0.05) is 21.4 Å². The molecule has 0 spiro atoms. The summed E-state index contributed by atoms with van der Waals surface area (Å²) in [7, 11) is 0. The van der Waals surface area contributed by atoms with Crippen molar-refractivity contribution in [2.75, 3.05) is 18.2 Å². The van der Waals surface area contributed by atoms with Gasteiger partial charge in [-0.3, -0.25) is 0 Å². The second-order valence-electron chi connectivity index (χ2n) is 6.89. The summed E-state index contributed by atoms with van der Waals surface area (Å²) >= 11 is 2.37. The number of nitrogens with zero attached hydrogens (tertiary/aromatic N) is 1. The fourth-order valence-corrected chi connectivity index (χ4v) is 4.48. The van der Waals surface area contributed by atoms with Gasteiger partial charge >= 0.3 is 0 Å². The summed E-state index contributed by atoms with van der Waals surface area (Å²) in [6.45, 7) is 1.48. The molecular formula is C22H18INO3. The Kier molecular flexibility index (Phi) is 4.02. The number of para-hydroxylation sites is 1. The lowest BCUT2D eigenvalue weighted by atomic mass is 9.88. The van der Waals surface area contributed by atoms with E-state index < -0.39 is 5.60 Å². The number of ether oxygens (including phenoxy) is 2. The molecule has 0 aromatic heterocycles. The molecule has 4 nitrogen and oxygen atoms in total. The quantitative estimate of drug-likeness (QED) is 0.580. The van der Waals surface area contributed by atoms with E-state index in [2.05, 4.69) is 51.8 Å². The van der Waals surface area contributed by atoms with Crippen LogP contribution in [0.2, 0.25) is 0 Å². The first kappa shape index (κ1) is 16.9. The predicted molar refractivity (Wildman–Crippen MR) is 112 cm³/mol. The summed E-state index contributed by atoms with van der Waals surface area (Å²) in [4.78, 5) is 2.25. The van der Waals surface area contributed by atoms with Crippen LogP contribution < -0.4 is 14.4 Å². The number of rotatable bonds is 3. The molecule has 2 heterocycles. The van der Waals surface area contributed by atoms with E-state index in [1.165, 1.54) is 9.13 Å². The van der Waals surface area contributed by atoms with Gasteiger partial charge in [0.15, 0.2) is 11.5 Å². The van der Waals surface area contributed by atoms with Crippen LogP contribution in [0, 0.1) is 3.57 Å². The number of halogens is 1. The van der Waals surface area contributed by atoms with Crippen molar-refractivity contribution in [1.82, 2.24) is 0 Å². The Morgan fingerprint density at radius 3 is 2.63 bits per heavy atom. The molecule has 1 unspecified atom stereocenters. The molecule has 1 N–H and O–H groups in total. The van der Waals surface area contributed by atoms with E-state index in [-0.39, 0.29) is 6.79 Å². The third kappa shape index (κ3) is 2.76. The average Bonchev–Trinajstić information content (AvgIpc) is 3.27. The van der Waals surface area contributed by atoms with Crippen molar-refractivity contribution in [3.63, 3.8) is 0 Å². The zero-order chi connectivity index (χ0) is 18.4. The Morgan fingerprint density at radius 2 is 1.74 bits per heavy atom. The minimum absolute atomic E-state index is 0.229. The standard InChI is InChI=1S/C22H18INO3/c23-18-7-3-1-5-15(18)12-24-13-22(25,17-6-2-4-8-19(17)24)16-9-10-20-21(11-16)27-14-26-20/h1-11,25H,12-14H2. The summed E-state index contributed by atoms with van der Waals surface area (Å²) in [5.41, 5.74) is 2.98. The van der Waals surface area contributed by atoms with E-state index in [1.54, 1.807) is 0 Å². The van der Waals surface area contributed by atoms with Crippen LogP contribution in [0.4, 0.5) is 5.69 Å². The van der Waals surface area contributed by atoms with Gasteiger partial charge in [-0.05, 0) is 58.0 Å². The van der Waals surface area contributed by atoms with E-state index in [0.717, 1.165) is 29.1 Å². The monoisotopic (exact) mass is 471 g/mol. The van der Waals surface area contributed by atoms with Gasteiger partial charge in [-0.25, -0.2) is 0 Å². The van der Waals surface area contributed by atoms with Gasteiger partial charge in [-0.15, -0.1) is 0 Å². The molecule has 2 aliphatic heterocycles. The Morgan fingerprint density at radius 1 is 0.963 bits per heavy atom. The molecule has 0 saturated carbocycles. The average molecular weight is 471 g/mol. The number of hydrogen-bond acceptors (Lipinski definition) is 4. The second-order valence-corrected chi connectivity index (χ2v) is 8.06. The third-order valence-electron chi connectivity index (χ3n) is 5.28. The van der Waals surface area contributed by atoms with Crippen LogP contribution in [0.5, 0.6) is 11.5 Å². The van der Waals surface area contributed by atoms with Crippen molar-refractivity contribution >= 4 is 28.3 Å². The number of anilines is 1. The van der Waals surface area contributed by atoms with Crippen molar-refractivity contribution in [1.29, 1.82) is 0 Å². The number of benzene rings is 3. The van der Waals surface area contributed by atoms with Gasteiger partial charge < -0.3 is 19.5 Å². The van der Waals surface area contributed by atoms with Gasteiger partial charge in [0.05, 0.1) is 6.54 Å². The summed E-state index contributed by atoms with van der Waals surface area (Å²) < 4.78 is 12.2. The summed E-state index contributed by atoms with van der Waals surface area (Å²) in [5, 5.41) is 11.7. The zero-order valence-electron chi connectivity index (χ0n) is 14.6. The van der Waals surface area contributed by atoms with E-state index in [0.29, 0.717) is 12.3 Å². The molecule has 0 fully saturated rings. The van der Waals surface area contributed by atoms with E-state index >= 15 is 0 Å². The lowest BCUT2D eigenvalue weighted by molar-refractivity contribution is 0.0975. The minimum Gasteiger partial charge on any atom is -0.454 e. The molecule has 2 aliphatic rings. The molecule has 136 valence electrons. The molecule has 27 heavy (non-hydrogen) atoms. The smallest absolute Gasteiger partial charge is 0.231 e. The van der Waals surface area contributed by atoms with Crippen molar-refractivity contribution in [3.8, 4) is 11.5 Å².